The number of oxime groups is 1. The number of nitrogens with one attached hydrogen (secondary N) is 1. The van der Waals surface area contributed by atoms with Gasteiger partial charge >= 0.3 is 11.6 Å². The second kappa shape index (κ2) is 8.49. The maximum Gasteiger partial charge on any atom is 0.337 e. The molecule has 1 spiro atoms. The molecule has 0 saturated heterocycles. The Balaban J connectivity index is 1.49. The van der Waals surface area contributed by atoms with Crippen LogP contribution in [0, 0.1) is 5.41 Å². The number of ether oxygens (including phenoxy) is 1. The Labute approximate surface area is 168 Å². The largest absolute Gasteiger partial charge is 0.403 e. The predicted octanol–water partition coefficient (Wildman–Crippen LogP) is 3.32. The van der Waals surface area contributed by atoms with Crippen LogP contribution in [-0.4, -0.2) is 28.9 Å². The Kier molecular flexibility index (Phi) is 5.80. The molecular formula is C21H27N3O5. The van der Waals surface area contributed by atoms with E-state index in [1.807, 2.05) is 6.92 Å². The van der Waals surface area contributed by atoms with E-state index in [-0.39, 0.29) is 17.1 Å². The number of H-pyrrole nitrogens is 1. The van der Waals surface area contributed by atoms with Crippen LogP contribution in [0.3, 0.4) is 0 Å². The van der Waals surface area contributed by atoms with Gasteiger partial charge < -0.3 is 14.0 Å². The summed E-state index contributed by atoms with van der Waals surface area (Å²) in [6, 6.07) is 1.28. The zero-order valence-electron chi connectivity index (χ0n) is 16.8. The standard InChI is InChI=1S/C21H27N3O5/c1-2-11-27-12-3-4-14-13-16(25)28-19-17(14)18(26)22-20(23-19)29-24-15-5-7-21(8-6-15)9-10-21/h13H,2-12H2,1H3,(H,22,23,26). The number of nitrogens with zero attached hydrogens (tertiary/aromatic N) is 2. The lowest BCUT2D eigenvalue weighted by Crippen LogP contribution is -2.17. The maximum absolute atomic E-state index is 12.6. The molecular weight excluding hydrogens is 374 g/mol. The van der Waals surface area contributed by atoms with Crippen molar-refractivity contribution in [3.8, 4) is 6.01 Å². The van der Waals surface area contributed by atoms with Crippen molar-refractivity contribution in [2.75, 3.05) is 13.2 Å². The molecule has 156 valence electrons. The molecule has 2 aliphatic rings. The highest BCUT2D eigenvalue weighted by molar-refractivity contribution is 5.85. The number of fused-ring (bicyclic) bond motifs is 1. The molecule has 1 N–H and O–H groups in total. The van der Waals surface area contributed by atoms with E-state index in [2.05, 4.69) is 15.1 Å². The minimum atomic E-state index is -0.542. The van der Waals surface area contributed by atoms with Crippen molar-refractivity contribution in [3.05, 3.63) is 32.4 Å². The molecule has 0 atom stereocenters. The Morgan fingerprint density at radius 2 is 2.00 bits per heavy atom. The van der Waals surface area contributed by atoms with Gasteiger partial charge in [-0.1, -0.05) is 12.1 Å². The summed E-state index contributed by atoms with van der Waals surface area (Å²) in [5, 5.41) is 4.44. The van der Waals surface area contributed by atoms with Crippen LogP contribution in [0.1, 0.15) is 63.9 Å². The van der Waals surface area contributed by atoms with Crippen molar-refractivity contribution in [3.63, 3.8) is 0 Å². The fourth-order valence-corrected chi connectivity index (χ4v) is 3.93. The van der Waals surface area contributed by atoms with E-state index in [4.69, 9.17) is 14.0 Å². The second-order valence-electron chi connectivity index (χ2n) is 8.11. The molecule has 29 heavy (non-hydrogen) atoms. The van der Waals surface area contributed by atoms with Gasteiger partial charge in [-0.15, -0.1) is 0 Å². The van der Waals surface area contributed by atoms with Gasteiger partial charge in [0, 0.05) is 19.3 Å². The smallest absolute Gasteiger partial charge is 0.337 e. The van der Waals surface area contributed by atoms with Gasteiger partial charge in [-0.05, 0) is 68.8 Å². The van der Waals surface area contributed by atoms with Crippen LogP contribution >= 0.6 is 0 Å². The third kappa shape index (κ3) is 4.75. The minimum Gasteiger partial charge on any atom is -0.403 e. The molecule has 0 unspecified atom stereocenters. The lowest BCUT2D eigenvalue weighted by molar-refractivity contribution is 0.132. The Bertz CT molecular complexity index is 1010. The average Bonchev–Trinajstić information content (AvgIpc) is 3.46. The van der Waals surface area contributed by atoms with Gasteiger partial charge in [-0.2, -0.15) is 4.98 Å². The van der Waals surface area contributed by atoms with Gasteiger partial charge in [0.05, 0.1) is 5.71 Å². The Morgan fingerprint density at radius 1 is 1.21 bits per heavy atom. The highest BCUT2D eigenvalue weighted by atomic mass is 16.6. The summed E-state index contributed by atoms with van der Waals surface area (Å²) in [7, 11) is 0. The summed E-state index contributed by atoms with van der Waals surface area (Å²) in [6.07, 6.45) is 8.96. The first-order chi connectivity index (χ1) is 14.1. The lowest BCUT2D eigenvalue weighted by Gasteiger charge is -2.21. The summed E-state index contributed by atoms with van der Waals surface area (Å²) >= 11 is 0. The zero-order valence-corrected chi connectivity index (χ0v) is 16.8. The summed E-state index contributed by atoms with van der Waals surface area (Å²) in [5.41, 5.74) is 1.17. The van der Waals surface area contributed by atoms with Gasteiger partial charge in [-0.3, -0.25) is 9.78 Å². The molecule has 8 nitrogen and oxygen atoms in total. The summed E-state index contributed by atoms with van der Waals surface area (Å²) in [6.45, 7) is 3.31. The first-order valence-corrected chi connectivity index (χ1v) is 10.5. The fourth-order valence-electron chi connectivity index (χ4n) is 3.93. The first-order valence-electron chi connectivity index (χ1n) is 10.5. The maximum atomic E-state index is 12.6. The predicted molar refractivity (Wildman–Crippen MR) is 109 cm³/mol. The molecule has 0 radical (unpaired) electrons. The number of rotatable bonds is 8. The molecule has 2 aromatic heterocycles. The van der Waals surface area contributed by atoms with Crippen molar-refractivity contribution in [1.82, 2.24) is 9.97 Å². The van der Waals surface area contributed by atoms with Crippen LogP contribution in [0.5, 0.6) is 6.01 Å². The van der Waals surface area contributed by atoms with E-state index in [0.29, 0.717) is 37.0 Å². The monoisotopic (exact) mass is 401 g/mol. The van der Waals surface area contributed by atoms with Gasteiger partial charge in [0.25, 0.3) is 5.56 Å². The van der Waals surface area contributed by atoms with Crippen LogP contribution in [0.4, 0.5) is 0 Å². The number of hydrogen-bond acceptors (Lipinski definition) is 7. The van der Waals surface area contributed by atoms with Crippen molar-refractivity contribution in [2.45, 2.75) is 64.7 Å². The molecule has 2 fully saturated rings. The average molecular weight is 401 g/mol. The molecule has 0 bridgehead atoms. The van der Waals surface area contributed by atoms with E-state index in [9.17, 15) is 9.59 Å². The topological polar surface area (TPSA) is 107 Å². The van der Waals surface area contributed by atoms with E-state index in [0.717, 1.165) is 37.8 Å². The highest BCUT2D eigenvalue weighted by Gasteiger charge is 2.44. The van der Waals surface area contributed by atoms with Gasteiger partial charge in [0.15, 0.2) is 0 Å². The Morgan fingerprint density at radius 3 is 2.72 bits per heavy atom. The molecule has 2 aliphatic carbocycles. The van der Waals surface area contributed by atoms with Gasteiger partial charge in [-0.25, -0.2) is 4.79 Å². The van der Waals surface area contributed by atoms with Crippen LogP contribution in [0.2, 0.25) is 0 Å². The molecule has 2 heterocycles. The summed E-state index contributed by atoms with van der Waals surface area (Å²) in [4.78, 5) is 36.6. The van der Waals surface area contributed by atoms with Crippen molar-refractivity contribution >= 4 is 16.8 Å². The van der Waals surface area contributed by atoms with Crippen LogP contribution in [0.25, 0.3) is 11.1 Å². The fraction of sp³-hybridized carbons (Fsp3) is 0.619. The van der Waals surface area contributed by atoms with Crippen molar-refractivity contribution < 1.29 is 14.0 Å². The number of hydrogen-bond donors (Lipinski definition) is 1. The van der Waals surface area contributed by atoms with E-state index in [1.54, 1.807) is 0 Å². The molecule has 0 aromatic carbocycles. The Hall–Kier alpha value is -2.48. The number of aromatic nitrogens is 2. The summed E-state index contributed by atoms with van der Waals surface area (Å²) in [5.74, 6) is 0. The highest BCUT2D eigenvalue weighted by Crippen LogP contribution is 2.55. The number of aromatic amines is 1. The normalized spacial score (nSPS) is 17.6. The van der Waals surface area contributed by atoms with E-state index < -0.39 is 11.2 Å². The van der Waals surface area contributed by atoms with Gasteiger partial charge in [0.1, 0.15) is 5.39 Å². The van der Waals surface area contributed by atoms with E-state index in [1.165, 1.54) is 18.9 Å². The third-order valence-electron chi connectivity index (χ3n) is 5.86. The zero-order chi connectivity index (χ0) is 20.3. The first kappa shape index (κ1) is 19.8. The molecule has 8 heteroatoms. The lowest BCUT2D eigenvalue weighted by atomic mass is 9.85. The molecule has 2 aromatic rings. The molecule has 4 rings (SSSR count). The van der Waals surface area contributed by atoms with Crippen LogP contribution < -0.4 is 16.0 Å². The second-order valence-corrected chi connectivity index (χ2v) is 8.11. The SMILES string of the molecule is CCCOCCCc1cc(=O)oc2nc(ON=C3CCC4(CC3)CC4)[nH]c(=O)c12. The number of aryl methyl sites for hydroxylation is 1. The van der Waals surface area contributed by atoms with Crippen molar-refractivity contribution in [1.29, 1.82) is 0 Å². The molecule has 0 aliphatic heterocycles. The van der Waals surface area contributed by atoms with Crippen LogP contribution in [-0.2, 0) is 11.2 Å². The van der Waals surface area contributed by atoms with Crippen molar-refractivity contribution in [2.24, 2.45) is 10.6 Å². The van der Waals surface area contributed by atoms with Crippen LogP contribution in [0.15, 0.2) is 25.2 Å². The molecule has 2 saturated carbocycles. The third-order valence-corrected chi connectivity index (χ3v) is 5.86. The summed E-state index contributed by atoms with van der Waals surface area (Å²) < 4.78 is 10.6. The van der Waals surface area contributed by atoms with E-state index >= 15 is 0 Å². The minimum absolute atomic E-state index is 0.0264. The quantitative estimate of drug-likeness (QED) is 0.537. The van der Waals surface area contributed by atoms with Gasteiger partial charge in [0.2, 0.25) is 5.71 Å². The molecule has 0 amide bonds.